The summed E-state index contributed by atoms with van der Waals surface area (Å²) in [6, 6.07) is 13.8. The van der Waals surface area contributed by atoms with Crippen molar-refractivity contribution in [3.05, 3.63) is 48.0 Å². The molecule has 5 heteroatoms. The molecule has 0 aliphatic carbocycles. The highest BCUT2D eigenvalue weighted by Crippen LogP contribution is 2.34. The number of benzene rings is 1. The van der Waals surface area contributed by atoms with Crippen molar-refractivity contribution in [1.29, 1.82) is 0 Å². The second-order valence-electron chi connectivity index (χ2n) is 6.42. The number of hydrogen-bond donors (Lipinski definition) is 1. The lowest BCUT2D eigenvalue weighted by Gasteiger charge is -2.35. The van der Waals surface area contributed by atoms with Gasteiger partial charge < -0.3 is 10.5 Å². The molecular weight excluding hydrogens is 302 g/mol. The Morgan fingerprint density at radius 1 is 1.21 bits per heavy atom. The van der Waals surface area contributed by atoms with Crippen LogP contribution < -0.4 is 15.4 Å². The molecule has 1 aromatic carbocycles. The maximum absolute atomic E-state index is 12.8. The molecule has 0 spiro atoms. The predicted octanol–water partition coefficient (Wildman–Crippen LogP) is 3.05. The minimum absolute atomic E-state index is 0.0383. The van der Waals surface area contributed by atoms with E-state index in [1.807, 2.05) is 32.0 Å². The van der Waals surface area contributed by atoms with Crippen molar-refractivity contribution in [2.24, 2.45) is 5.92 Å². The van der Waals surface area contributed by atoms with Crippen LogP contribution in [-0.4, -0.2) is 23.5 Å². The molecule has 1 atom stereocenters. The first kappa shape index (κ1) is 16.3. The molecule has 1 aliphatic heterocycles. The highest BCUT2D eigenvalue weighted by atomic mass is 16.5. The van der Waals surface area contributed by atoms with Crippen LogP contribution in [0.2, 0.25) is 0 Å². The van der Waals surface area contributed by atoms with Gasteiger partial charge in [-0.25, -0.2) is 4.98 Å². The Kier molecular flexibility index (Phi) is 4.69. The summed E-state index contributed by atoms with van der Waals surface area (Å²) >= 11 is 0. The zero-order valence-corrected chi connectivity index (χ0v) is 14.1. The molecule has 2 N–H and O–H groups in total. The van der Waals surface area contributed by atoms with Crippen molar-refractivity contribution < 1.29 is 9.53 Å². The van der Waals surface area contributed by atoms with Gasteiger partial charge in [0, 0.05) is 6.54 Å². The Labute approximate surface area is 142 Å². The summed E-state index contributed by atoms with van der Waals surface area (Å²) < 4.78 is 5.85. The van der Waals surface area contributed by atoms with Crippen LogP contribution in [0.15, 0.2) is 42.5 Å². The van der Waals surface area contributed by atoms with Crippen LogP contribution in [0.4, 0.5) is 11.6 Å². The fourth-order valence-corrected chi connectivity index (χ4v) is 2.90. The normalized spacial score (nSPS) is 16.9. The molecule has 126 valence electrons. The number of nitrogen functional groups attached to an aromatic ring is 1. The number of pyridine rings is 1. The van der Waals surface area contributed by atoms with E-state index >= 15 is 0 Å². The fraction of sp³-hybridized carbons (Fsp3) is 0.368. The number of nitrogens with two attached hydrogens (primary N) is 1. The Morgan fingerprint density at radius 2 is 1.96 bits per heavy atom. The number of carbonyl (C=O) groups excluding carboxylic acids is 1. The average molecular weight is 325 g/mol. The van der Waals surface area contributed by atoms with E-state index in [1.165, 1.54) is 5.56 Å². The Hall–Kier alpha value is -2.56. The molecular formula is C19H23N3O2. The third-order valence-electron chi connectivity index (χ3n) is 4.18. The summed E-state index contributed by atoms with van der Waals surface area (Å²) in [5.74, 6) is 1.61. The molecule has 0 fully saturated rings. The van der Waals surface area contributed by atoms with Gasteiger partial charge in [-0.3, -0.25) is 9.69 Å². The number of carbonyl (C=O) groups is 1. The Balaban J connectivity index is 1.79. The summed E-state index contributed by atoms with van der Waals surface area (Å²) in [5.41, 5.74) is 7.06. The number of anilines is 2. The summed E-state index contributed by atoms with van der Waals surface area (Å²) in [5, 5.41) is 0. The first-order valence-corrected chi connectivity index (χ1v) is 8.34. The molecule has 0 bridgehead atoms. The van der Waals surface area contributed by atoms with Crippen molar-refractivity contribution in [2.75, 3.05) is 17.2 Å². The van der Waals surface area contributed by atoms with Gasteiger partial charge in [0.25, 0.3) is 5.91 Å². The van der Waals surface area contributed by atoms with Gasteiger partial charge in [0.05, 0.1) is 0 Å². The Morgan fingerprint density at radius 3 is 2.67 bits per heavy atom. The molecule has 3 rings (SSSR count). The van der Waals surface area contributed by atoms with E-state index in [-0.39, 0.29) is 11.8 Å². The summed E-state index contributed by atoms with van der Waals surface area (Å²) in [6.07, 6.45) is 1.30. The van der Waals surface area contributed by atoms with Crippen molar-refractivity contribution in [1.82, 2.24) is 4.98 Å². The van der Waals surface area contributed by atoms with Crippen molar-refractivity contribution in [3.63, 3.8) is 0 Å². The van der Waals surface area contributed by atoms with E-state index in [0.717, 1.165) is 12.8 Å². The number of aryl methyl sites for hydroxylation is 1. The molecule has 1 aromatic heterocycles. The number of hydrogen-bond acceptors (Lipinski definition) is 4. The lowest BCUT2D eigenvalue weighted by atomic mass is 10.0. The second-order valence-corrected chi connectivity index (χ2v) is 6.42. The van der Waals surface area contributed by atoms with Gasteiger partial charge in [-0.2, -0.15) is 0 Å². The first-order chi connectivity index (χ1) is 11.6. The van der Waals surface area contributed by atoms with Crippen LogP contribution in [0, 0.1) is 5.92 Å². The number of fused-ring (bicyclic) bond motifs is 1. The highest BCUT2D eigenvalue weighted by Gasteiger charge is 2.37. The van der Waals surface area contributed by atoms with Crippen LogP contribution in [0.1, 0.15) is 25.8 Å². The molecule has 24 heavy (non-hydrogen) atoms. The molecule has 2 heterocycles. The lowest BCUT2D eigenvalue weighted by molar-refractivity contribution is -0.128. The predicted molar refractivity (Wildman–Crippen MR) is 95.0 cm³/mol. The minimum Gasteiger partial charge on any atom is -0.476 e. The molecule has 5 nitrogen and oxygen atoms in total. The summed E-state index contributed by atoms with van der Waals surface area (Å²) in [7, 11) is 0. The van der Waals surface area contributed by atoms with Crippen LogP contribution in [0.25, 0.3) is 0 Å². The summed E-state index contributed by atoms with van der Waals surface area (Å²) in [6.45, 7) is 4.57. The van der Waals surface area contributed by atoms with Gasteiger partial charge in [-0.05, 0) is 36.5 Å². The van der Waals surface area contributed by atoms with E-state index < -0.39 is 6.10 Å². The SMILES string of the molecule is CC(C)C1Oc2ccc(N)nc2N(CCCc2ccccc2)C1=O. The first-order valence-electron chi connectivity index (χ1n) is 8.34. The monoisotopic (exact) mass is 325 g/mol. The van der Waals surface area contributed by atoms with E-state index in [4.69, 9.17) is 10.5 Å². The van der Waals surface area contributed by atoms with Gasteiger partial charge >= 0.3 is 0 Å². The van der Waals surface area contributed by atoms with E-state index in [1.54, 1.807) is 17.0 Å². The summed E-state index contributed by atoms with van der Waals surface area (Å²) in [4.78, 5) is 18.9. The maximum Gasteiger partial charge on any atom is 0.269 e. The number of ether oxygens (including phenoxy) is 1. The number of amides is 1. The largest absolute Gasteiger partial charge is 0.476 e. The van der Waals surface area contributed by atoms with Crippen molar-refractivity contribution in [2.45, 2.75) is 32.8 Å². The van der Waals surface area contributed by atoms with Gasteiger partial charge in [0.15, 0.2) is 17.7 Å². The minimum atomic E-state index is -0.473. The maximum atomic E-state index is 12.8. The number of aromatic nitrogens is 1. The quantitative estimate of drug-likeness (QED) is 0.917. The molecule has 0 radical (unpaired) electrons. The van der Waals surface area contributed by atoms with Gasteiger partial charge in [0.2, 0.25) is 0 Å². The van der Waals surface area contributed by atoms with Gasteiger partial charge in [-0.1, -0.05) is 44.2 Å². The molecule has 2 aromatic rings. The van der Waals surface area contributed by atoms with Crippen LogP contribution in [0.5, 0.6) is 5.75 Å². The fourth-order valence-electron chi connectivity index (χ4n) is 2.90. The number of rotatable bonds is 5. The molecule has 0 saturated heterocycles. The topological polar surface area (TPSA) is 68.5 Å². The second kappa shape index (κ2) is 6.91. The van der Waals surface area contributed by atoms with Gasteiger partial charge in [-0.15, -0.1) is 0 Å². The van der Waals surface area contributed by atoms with Crippen molar-refractivity contribution in [3.8, 4) is 5.75 Å². The highest BCUT2D eigenvalue weighted by molar-refractivity contribution is 5.99. The molecule has 1 amide bonds. The number of nitrogens with zero attached hydrogens (tertiary/aromatic N) is 2. The Bertz CT molecular complexity index is 716. The zero-order chi connectivity index (χ0) is 17.1. The van der Waals surface area contributed by atoms with Crippen LogP contribution in [0.3, 0.4) is 0 Å². The van der Waals surface area contributed by atoms with E-state index in [2.05, 4.69) is 17.1 Å². The molecule has 1 unspecified atom stereocenters. The van der Waals surface area contributed by atoms with Crippen molar-refractivity contribution >= 4 is 17.5 Å². The van der Waals surface area contributed by atoms with Crippen LogP contribution in [-0.2, 0) is 11.2 Å². The average Bonchev–Trinajstić information content (AvgIpc) is 2.57. The standard InChI is InChI=1S/C19H23N3O2/c1-13(2)17-19(23)22(12-6-9-14-7-4-3-5-8-14)18-15(24-17)10-11-16(20)21-18/h3-5,7-8,10-11,13,17H,6,9,12H2,1-2H3,(H2,20,21). The third kappa shape index (κ3) is 3.35. The van der Waals surface area contributed by atoms with E-state index in [0.29, 0.717) is 23.9 Å². The lowest BCUT2D eigenvalue weighted by Crippen LogP contribution is -2.49. The molecule has 0 saturated carbocycles. The third-order valence-corrected chi connectivity index (χ3v) is 4.18. The molecule has 1 aliphatic rings. The smallest absolute Gasteiger partial charge is 0.269 e. The van der Waals surface area contributed by atoms with Gasteiger partial charge in [0.1, 0.15) is 5.82 Å². The van der Waals surface area contributed by atoms with Crippen LogP contribution >= 0.6 is 0 Å². The van der Waals surface area contributed by atoms with E-state index in [9.17, 15) is 4.79 Å². The zero-order valence-electron chi connectivity index (χ0n) is 14.1.